The molecule has 0 saturated carbocycles. The summed E-state index contributed by atoms with van der Waals surface area (Å²) in [7, 11) is 0. The Bertz CT molecular complexity index is 704. The molecule has 6 heteroatoms. The highest BCUT2D eigenvalue weighted by molar-refractivity contribution is 6.30. The van der Waals surface area contributed by atoms with Crippen molar-refractivity contribution in [1.82, 2.24) is 5.32 Å². The van der Waals surface area contributed by atoms with Gasteiger partial charge in [-0.05, 0) is 29.8 Å². The summed E-state index contributed by atoms with van der Waals surface area (Å²) >= 11 is 5.83. The topological polar surface area (TPSA) is 59.6 Å². The average molecular weight is 347 g/mol. The number of nitrogens with one attached hydrogen (secondary N) is 2. The molecule has 0 atom stereocenters. The fourth-order valence-corrected chi connectivity index (χ4v) is 2.49. The van der Waals surface area contributed by atoms with Crippen LogP contribution in [0.2, 0.25) is 5.02 Å². The zero-order chi connectivity index (χ0) is 16.8. The molecular formula is C18H19ClN2O3. The van der Waals surface area contributed by atoms with E-state index in [4.69, 9.17) is 21.1 Å². The van der Waals surface area contributed by atoms with Gasteiger partial charge in [0.1, 0.15) is 13.2 Å². The van der Waals surface area contributed by atoms with Crippen LogP contribution in [0.25, 0.3) is 0 Å². The Labute approximate surface area is 145 Å². The van der Waals surface area contributed by atoms with E-state index in [0.717, 1.165) is 22.7 Å². The summed E-state index contributed by atoms with van der Waals surface area (Å²) in [6.07, 6.45) is 0.391. The molecule has 0 fully saturated rings. The molecule has 1 heterocycles. The summed E-state index contributed by atoms with van der Waals surface area (Å²) in [5, 5.41) is 6.79. The van der Waals surface area contributed by atoms with Crippen LogP contribution in [0.4, 0.5) is 5.69 Å². The lowest BCUT2D eigenvalue weighted by molar-refractivity contribution is -0.121. The van der Waals surface area contributed by atoms with Gasteiger partial charge in [-0.15, -0.1) is 0 Å². The molecule has 5 nitrogen and oxygen atoms in total. The molecule has 0 aromatic heterocycles. The van der Waals surface area contributed by atoms with Gasteiger partial charge in [-0.1, -0.05) is 23.7 Å². The SMILES string of the molecule is O=C(CCNc1ccc2c(c1)OCCO2)NCc1ccc(Cl)cc1. The molecule has 0 aliphatic carbocycles. The Hall–Kier alpha value is -2.40. The van der Waals surface area contributed by atoms with Crippen molar-refractivity contribution in [2.75, 3.05) is 25.1 Å². The maximum atomic E-state index is 11.9. The van der Waals surface area contributed by atoms with E-state index < -0.39 is 0 Å². The molecule has 1 aliphatic heterocycles. The summed E-state index contributed by atoms with van der Waals surface area (Å²) in [6.45, 7) is 2.18. The fraction of sp³-hybridized carbons (Fsp3) is 0.278. The lowest BCUT2D eigenvalue weighted by Gasteiger charge is -2.19. The zero-order valence-corrected chi connectivity index (χ0v) is 13.9. The smallest absolute Gasteiger partial charge is 0.222 e. The van der Waals surface area contributed by atoms with Crippen molar-refractivity contribution < 1.29 is 14.3 Å². The molecule has 0 spiro atoms. The van der Waals surface area contributed by atoms with Gasteiger partial charge >= 0.3 is 0 Å². The van der Waals surface area contributed by atoms with Gasteiger partial charge in [-0.25, -0.2) is 0 Å². The van der Waals surface area contributed by atoms with Gasteiger partial charge in [0.15, 0.2) is 11.5 Å². The van der Waals surface area contributed by atoms with Crippen LogP contribution in [-0.2, 0) is 11.3 Å². The Morgan fingerprint density at radius 3 is 2.58 bits per heavy atom. The maximum Gasteiger partial charge on any atom is 0.222 e. The second-order valence-corrected chi connectivity index (χ2v) is 5.87. The molecule has 1 amide bonds. The summed E-state index contributed by atoms with van der Waals surface area (Å²) in [6, 6.07) is 13.1. The van der Waals surface area contributed by atoms with Crippen molar-refractivity contribution in [1.29, 1.82) is 0 Å². The van der Waals surface area contributed by atoms with Crippen molar-refractivity contribution in [3.05, 3.63) is 53.1 Å². The first kappa shape index (κ1) is 16.5. The van der Waals surface area contributed by atoms with Gasteiger partial charge in [-0.3, -0.25) is 4.79 Å². The van der Waals surface area contributed by atoms with E-state index in [1.807, 2.05) is 42.5 Å². The molecule has 1 aliphatic rings. The van der Waals surface area contributed by atoms with Crippen LogP contribution in [0.1, 0.15) is 12.0 Å². The number of anilines is 1. The Morgan fingerprint density at radius 1 is 1.04 bits per heavy atom. The molecule has 0 radical (unpaired) electrons. The summed E-state index contributed by atoms with van der Waals surface area (Å²) in [4.78, 5) is 11.9. The standard InChI is InChI=1S/C18H19ClN2O3/c19-14-3-1-13(2-4-14)12-21-18(22)7-8-20-15-5-6-16-17(11-15)24-10-9-23-16/h1-6,11,20H,7-10,12H2,(H,21,22). The zero-order valence-electron chi connectivity index (χ0n) is 13.2. The van der Waals surface area contributed by atoms with E-state index in [9.17, 15) is 4.79 Å². The van der Waals surface area contributed by atoms with Crippen LogP contribution in [0.15, 0.2) is 42.5 Å². The number of hydrogen-bond donors (Lipinski definition) is 2. The number of hydrogen-bond acceptors (Lipinski definition) is 4. The minimum absolute atomic E-state index is 0.00464. The minimum atomic E-state index is -0.00464. The molecule has 0 saturated heterocycles. The molecule has 2 N–H and O–H groups in total. The van der Waals surface area contributed by atoms with Crippen molar-refractivity contribution in [3.8, 4) is 11.5 Å². The van der Waals surface area contributed by atoms with Crippen LogP contribution in [0, 0.1) is 0 Å². The second-order valence-electron chi connectivity index (χ2n) is 5.44. The van der Waals surface area contributed by atoms with Crippen LogP contribution in [0.5, 0.6) is 11.5 Å². The van der Waals surface area contributed by atoms with Crippen LogP contribution in [-0.4, -0.2) is 25.7 Å². The van der Waals surface area contributed by atoms with Gasteiger partial charge in [-0.2, -0.15) is 0 Å². The Kier molecular flexibility index (Phi) is 5.43. The number of rotatable bonds is 6. The largest absolute Gasteiger partial charge is 0.486 e. The van der Waals surface area contributed by atoms with Crippen molar-refractivity contribution in [2.45, 2.75) is 13.0 Å². The molecular weight excluding hydrogens is 328 g/mol. The van der Waals surface area contributed by atoms with Crippen LogP contribution < -0.4 is 20.1 Å². The lowest BCUT2D eigenvalue weighted by Crippen LogP contribution is -2.24. The van der Waals surface area contributed by atoms with Gasteiger partial charge < -0.3 is 20.1 Å². The predicted octanol–water partition coefficient (Wildman–Crippen LogP) is 3.23. The maximum absolute atomic E-state index is 11.9. The highest BCUT2D eigenvalue weighted by atomic mass is 35.5. The second kappa shape index (κ2) is 7.93. The molecule has 2 aromatic carbocycles. The van der Waals surface area contributed by atoms with E-state index in [1.165, 1.54) is 0 Å². The normalized spacial score (nSPS) is 12.5. The van der Waals surface area contributed by atoms with Crippen LogP contribution >= 0.6 is 11.6 Å². The van der Waals surface area contributed by atoms with E-state index in [2.05, 4.69) is 10.6 Å². The molecule has 0 bridgehead atoms. The van der Waals surface area contributed by atoms with E-state index in [-0.39, 0.29) is 5.91 Å². The van der Waals surface area contributed by atoms with Gasteiger partial charge in [0.2, 0.25) is 5.91 Å². The lowest BCUT2D eigenvalue weighted by atomic mass is 10.2. The van der Waals surface area contributed by atoms with Crippen molar-refractivity contribution in [2.24, 2.45) is 0 Å². The van der Waals surface area contributed by atoms with E-state index >= 15 is 0 Å². The summed E-state index contributed by atoms with van der Waals surface area (Å²) < 4.78 is 11.0. The molecule has 2 aromatic rings. The molecule has 0 unspecified atom stereocenters. The van der Waals surface area contributed by atoms with Gasteiger partial charge in [0.05, 0.1) is 0 Å². The predicted molar refractivity (Wildman–Crippen MR) is 93.8 cm³/mol. The molecule has 3 rings (SSSR count). The van der Waals surface area contributed by atoms with E-state index in [0.29, 0.717) is 37.7 Å². The first-order chi connectivity index (χ1) is 11.7. The first-order valence-corrected chi connectivity index (χ1v) is 8.23. The third kappa shape index (κ3) is 4.55. The number of amides is 1. The van der Waals surface area contributed by atoms with Crippen molar-refractivity contribution in [3.63, 3.8) is 0 Å². The first-order valence-electron chi connectivity index (χ1n) is 7.85. The summed E-state index contributed by atoms with van der Waals surface area (Å²) in [5.41, 5.74) is 1.93. The number of carbonyl (C=O) groups is 1. The number of ether oxygens (including phenoxy) is 2. The number of carbonyl (C=O) groups excluding carboxylic acids is 1. The number of fused-ring (bicyclic) bond motifs is 1. The highest BCUT2D eigenvalue weighted by Gasteiger charge is 2.11. The third-order valence-electron chi connectivity index (χ3n) is 3.63. The van der Waals surface area contributed by atoms with Crippen molar-refractivity contribution >= 4 is 23.2 Å². The highest BCUT2D eigenvalue weighted by Crippen LogP contribution is 2.32. The van der Waals surface area contributed by atoms with Gasteiger partial charge in [0, 0.05) is 36.3 Å². The number of benzene rings is 2. The Balaban J connectivity index is 1.41. The average Bonchev–Trinajstić information content (AvgIpc) is 2.61. The quantitative estimate of drug-likeness (QED) is 0.843. The Morgan fingerprint density at radius 2 is 1.79 bits per heavy atom. The van der Waals surface area contributed by atoms with Crippen LogP contribution in [0.3, 0.4) is 0 Å². The molecule has 126 valence electrons. The summed E-state index contributed by atoms with van der Waals surface area (Å²) in [5.74, 6) is 1.49. The minimum Gasteiger partial charge on any atom is -0.486 e. The van der Waals surface area contributed by atoms with E-state index in [1.54, 1.807) is 0 Å². The third-order valence-corrected chi connectivity index (χ3v) is 3.88. The monoisotopic (exact) mass is 346 g/mol. The van der Waals surface area contributed by atoms with Gasteiger partial charge in [0.25, 0.3) is 0 Å². The number of halogens is 1. The fourth-order valence-electron chi connectivity index (χ4n) is 2.36. The molecule has 24 heavy (non-hydrogen) atoms.